The quantitative estimate of drug-likeness (QED) is 0.732. The Morgan fingerprint density at radius 1 is 1.40 bits per heavy atom. The first-order valence-electron chi connectivity index (χ1n) is 7.15. The van der Waals surface area contributed by atoms with E-state index in [9.17, 15) is 4.79 Å². The van der Waals surface area contributed by atoms with Crippen LogP contribution in [0.4, 0.5) is 0 Å². The summed E-state index contributed by atoms with van der Waals surface area (Å²) in [6, 6.07) is 10.7. The lowest BCUT2D eigenvalue weighted by atomic mass is 10.1. The molecule has 0 aliphatic carbocycles. The van der Waals surface area contributed by atoms with Gasteiger partial charge in [0, 0.05) is 22.6 Å². The average molecular weight is 352 g/mol. The Morgan fingerprint density at radius 2 is 2.25 bits per heavy atom. The van der Waals surface area contributed by atoms with Crippen molar-refractivity contribution in [1.82, 2.24) is 4.90 Å². The number of alkyl halides is 1. The molecule has 1 aromatic carbocycles. The SMILES string of the molecule is O=C(c1cc2ccccc2s1)N1CCCC1CCCBr. The number of nitrogens with zero attached hydrogens (tertiary/aromatic N) is 1. The van der Waals surface area contributed by atoms with Gasteiger partial charge in [0.05, 0.1) is 4.88 Å². The number of halogens is 1. The van der Waals surface area contributed by atoms with Crippen LogP contribution in [0.25, 0.3) is 10.1 Å². The fourth-order valence-electron chi connectivity index (χ4n) is 2.94. The van der Waals surface area contributed by atoms with Crippen LogP contribution in [0.5, 0.6) is 0 Å². The van der Waals surface area contributed by atoms with Crippen molar-refractivity contribution < 1.29 is 4.79 Å². The van der Waals surface area contributed by atoms with Gasteiger partial charge >= 0.3 is 0 Å². The number of carbonyl (C=O) groups is 1. The third kappa shape index (κ3) is 2.77. The molecule has 0 spiro atoms. The second-order valence-corrected chi connectivity index (χ2v) is 7.15. The predicted molar refractivity (Wildman–Crippen MR) is 88.9 cm³/mol. The van der Waals surface area contributed by atoms with Crippen LogP contribution in [-0.4, -0.2) is 28.7 Å². The van der Waals surface area contributed by atoms with Gasteiger partial charge in [-0.25, -0.2) is 0 Å². The lowest BCUT2D eigenvalue weighted by molar-refractivity contribution is 0.0735. The minimum absolute atomic E-state index is 0.225. The van der Waals surface area contributed by atoms with Gasteiger partial charge in [-0.1, -0.05) is 34.1 Å². The summed E-state index contributed by atoms with van der Waals surface area (Å²) in [5, 5.41) is 2.20. The molecule has 2 nitrogen and oxygen atoms in total. The van der Waals surface area contributed by atoms with E-state index >= 15 is 0 Å². The summed E-state index contributed by atoms with van der Waals surface area (Å²) in [4.78, 5) is 15.7. The summed E-state index contributed by atoms with van der Waals surface area (Å²) in [5.74, 6) is 0.225. The standard InChI is InChI=1S/C16H18BrNOS/c17-9-3-6-13-7-4-10-18(13)16(19)15-11-12-5-1-2-8-14(12)20-15/h1-2,5,8,11,13H,3-4,6-7,9-10H2. The van der Waals surface area contributed by atoms with Crippen molar-refractivity contribution in [2.24, 2.45) is 0 Å². The highest BCUT2D eigenvalue weighted by Crippen LogP contribution is 2.29. The van der Waals surface area contributed by atoms with Gasteiger partial charge in [0.2, 0.25) is 0 Å². The molecule has 1 aliphatic rings. The van der Waals surface area contributed by atoms with Crippen LogP contribution in [0.1, 0.15) is 35.4 Å². The molecule has 2 heterocycles. The lowest BCUT2D eigenvalue weighted by Crippen LogP contribution is -2.35. The Balaban J connectivity index is 1.80. The van der Waals surface area contributed by atoms with Gasteiger partial charge in [-0.3, -0.25) is 4.79 Å². The summed E-state index contributed by atoms with van der Waals surface area (Å²) >= 11 is 5.10. The maximum Gasteiger partial charge on any atom is 0.264 e. The number of hydrogen-bond donors (Lipinski definition) is 0. The van der Waals surface area contributed by atoms with Crippen LogP contribution in [0, 0.1) is 0 Å². The number of likely N-dealkylation sites (tertiary alicyclic amines) is 1. The Hall–Kier alpha value is -0.870. The largest absolute Gasteiger partial charge is 0.335 e. The van der Waals surface area contributed by atoms with Gasteiger partial charge in [0.15, 0.2) is 0 Å². The molecule has 1 fully saturated rings. The average Bonchev–Trinajstić information content (AvgIpc) is 3.10. The number of amides is 1. The highest BCUT2D eigenvalue weighted by molar-refractivity contribution is 9.09. The summed E-state index contributed by atoms with van der Waals surface area (Å²) in [7, 11) is 0. The predicted octanol–water partition coefficient (Wildman–Crippen LogP) is 4.68. The molecular formula is C16H18BrNOS. The van der Waals surface area contributed by atoms with Crippen LogP contribution in [-0.2, 0) is 0 Å². The number of thiophene rings is 1. The van der Waals surface area contributed by atoms with E-state index in [4.69, 9.17) is 0 Å². The summed E-state index contributed by atoms with van der Waals surface area (Å²) in [5.41, 5.74) is 0. The zero-order valence-electron chi connectivity index (χ0n) is 11.3. The Kier molecular flexibility index (Phi) is 4.41. The third-order valence-corrected chi connectivity index (χ3v) is 5.61. The molecule has 106 valence electrons. The number of fused-ring (bicyclic) bond motifs is 1. The van der Waals surface area contributed by atoms with Crippen LogP contribution < -0.4 is 0 Å². The molecule has 1 amide bonds. The van der Waals surface area contributed by atoms with Gasteiger partial charge in [-0.15, -0.1) is 11.3 Å². The minimum atomic E-state index is 0.225. The first-order valence-corrected chi connectivity index (χ1v) is 9.09. The molecule has 1 aromatic heterocycles. The molecule has 1 unspecified atom stereocenters. The number of benzene rings is 1. The summed E-state index contributed by atoms with van der Waals surface area (Å²) in [6.07, 6.45) is 4.55. The van der Waals surface area contributed by atoms with E-state index < -0.39 is 0 Å². The van der Waals surface area contributed by atoms with E-state index in [0.29, 0.717) is 6.04 Å². The molecule has 1 atom stereocenters. The molecular weight excluding hydrogens is 334 g/mol. The molecule has 2 aromatic rings. The Bertz CT molecular complexity index is 576. The molecule has 0 saturated carbocycles. The van der Waals surface area contributed by atoms with Crippen molar-refractivity contribution in [3.05, 3.63) is 35.2 Å². The molecule has 3 rings (SSSR count). The fraction of sp³-hybridized carbons (Fsp3) is 0.438. The van der Waals surface area contributed by atoms with Gasteiger partial charge in [0.25, 0.3) is 5.91 Å². The first-order chi connectivity index (χ1) is 9.79. The lowest BCUT2D eigenvalue weighted by Gasteiger charge is -2.24. The maximum absolute atomic E-state index is 12.7. The van der Waals surface area contributed by atoms with Gasteiger partial charge in [-0.2, -0.15) is 0 Å². The number of carbonyl (C=O) groups excluding carboxylic acids is 1. The van der Waals surface area contributed by atoms with Crippen LogP contribution >= 0.6 is 27.3 Å². The topological polar surface area (TPSA) is 20.3 Å². The van der Waals surface area contributed by atoms with Crippen molar-refractivity contribution in [2.75, 3.05) is 11.9 Å². The van der Waals surface area contributed by atoms with Crippen LogP contribution in [0.2, 0.25) is 0 Å². The number of rotatable bonds is 4. The van der Waals surface area contributed by atoms with Crippen LogP contribution in [0.3, 0.4) is 0 Å². The van der Waals surface area contributed by atoms with E-state index in [0.717, 1.165) is 42.4 Å². The Labute approximate surface area is 131 Å². The van der Waals surface area contributed by atoms with Crippen LogP contribution in [0.15, 0.2) is 30.3 Å². The summed E-state index contributed by atoms with van der Waals surface area (Å²) in [6.45, 7) is 0.917. The van der Waals surface area contributed by atoms with Gasteiger partial charge in [0.1, 0.15) is 0 Å². The molecule has 1 saturated heterocycles. The molecule has 0 N–H and O–H groups in total. The first kappa shape index (κ1) is 14.1. The van der Waals surface area contributed by atoms with Crippen molar-refractivity contribution in [1.29, 1.82) is 0 Å². The normalized spacial score (nSPS) is 18.9. The van der Waals surface area contributed by atoms with Crippen molar-refractivity contribution in [3.8, 4) is 0 Å². The third-order valence-electron chi connectivity index (χ3n) is 3.95. The van der Waals surface area contributed by atoms with Crippen molar-refractivity contribution >= 4 is 43.3 Å². The monoisotopic (exact) mass is 351 g/mol. The van der Waals surface area contributed by atoms with Crippen molar-refractivity contribution in [2.45, 2.75) is 31.7 Å². The molecule has 0 bridgehead atoms. The highest BCUT2D eigenvalue weighted by atomic mass is 79.9. The molecule has 4 heteroatoms. The smallest absolute Gasteiger partial charge is 0.264 e. The molecule has 0 radical (unpaired) electrons. The minimum Gasteiger partial charge on any atom is -0.335 e. The second kappa shape index (κ2) is 6.27. The fourth-order valence-corrected chi connectivity index (χ4v) is 4.29. The summed E-state index contributed by atoms with van der Waals surface area (Å²) < 4.78 is 1.20. The van der Waals surface area contributed by atoms with Gasteiger partial charge < -0.3 is 4.90 Å². The molecule has 20 heavy (non-hydrogen) atoms. The second-order valence-electron chi connectivity index (χ2n) is 5.27. The highest BCUT2D eigenvalue weighted by Gasteiger charge is 2.29. The molecule has 1 aliphatic heterocycles. The van der Waals surface area contributed by atoms with E-state index in [1.54, 1.807) is 11.3 Å². The van der Waals surface area contributed by atoms with E-state index in [-0.39, 0.29) is 5.91 Å². The van der Waals surface area contributed by atoms with E-state index in [2.05, 4.69) is 33.0 Å². The zero-order valence-corrected chi connectivity index (χ0v) is 13.8. The van der Waals surface area contributed by atoms with Crippen molar-refractivity contribution in [3.63, 3.8) is 0 Å². The number of hydrogen-bond acceptors (Lipinski definition) is 2. The van der Waals surface area contributed by atoms with E-state index in [1.165, 1.54) is 10.1 Å². The van der Waals surface area contributed by atoms with E-state index in [1.807, 2.05) is 18.2 Å². The zero-order chi connectivity index (χ0) is 13.9. The Morgan fingerprint density at radius 3 is 3.05 bits per heavy atom. The van der Waals surface area contributed by atoms with Gasteiger partial charge in [-0.05, 0) is 43.2 Å². The maximum atomic E-state index is 12.7.